The number of nitrogens with zero attached hydrogens (tertiary/aromatic N) is 4. The van der Waals surface area contributed by atoms with Crippen LogP contribution < -0.4 is 10.2 Å². The molecular formula is C19H15F2N5O3. The molecule has 0 spiro atoms. The Morgan fingerprint density at radius 2 is 1.83 bits per heavy atom. The number of hydrogen-bond acceptors (Lipinski definition) is 6. The van der Waals surface area contributed by atoms with Gasteiger partial charge in [0.2, 0.25) is 5.91 Å². The SMILES string of the molecule is Cc1ccc(N2C(=O)C3N=NN(CC(=O)Nc4cc(F)ccc4F)C3C2=O)cc1. The van der Waals surface area contributed by atoms with E-state index in [1.807, 2.05) is 6.92 Å². The van der Waals surface area contributed by atoms with Crippen LogP contribution in [0.2, 0.25) is 0 Å². The van der Waals surface area contributed by atoms with Gasteiger partial charge in [0.15, 0.2) is 12.1 Å². The minimum absolute atomic E-state index is 0.335. The van der Waals surface area contributed by atoms with Crippen LogP contribution >= 0.6 is 0 Å². The minimum Gasteiger partial charge on any atom is -0.322 e. The molecule has 1 saturated heterocycles. The molecule has 4 rings (SSSR count). The first-order valence-electron chi connectivity index (χ1n) is 8.72. The molecule has 2 heterocycles. The molecule has 0 bridgehead atoms. The topological polar surface area (TPSA) is 94.4 Å². The minimum atomic E-state index is -1.06. The maximum absolute atomic E-state index is 13.7. The largest absolute Gasteiger partial charge is 0.322 e. The zero-order valence-electron chi connectivity index (χ0n) is 15.2. The van der Waals surface area contributed by atoms with Crippen molar-refractivity contribution in [2.75, 3.05) is 16.8 Å². The van der Waals surface area contributed by atoms with Gasteiger partial charge in [0.05, 0.1) is 11.4 Å². The first kappa shape index (κ1) is 18.7. The number of halogens is 2. The summed E-state index contributed by atoms with van der Waals surface area (Å²) in [6.45, 7) is 1.42. The lowest BCUT2D eigenvalue weighted by Crippen LogP contribution is -2.43. The molecule has 0 aliphatic carbocycles. The van der Waals surface area contributed by atoms with Crippen LogP contribution in [0.3, 0.4) is 0 Å². The molecule has 148 valence electrons. The summed E-state index contributed by atoms with van der Waals surface area (Å²) in [7, 11) is 0. The fourth-order valence-corrected chi connectivity index (χ4v) is 3.23. The van der Waals surface area contributed by atoms with Crippen LogP contribution in [0.5, 0.6) is 0 Å². The van der Waals surface area contributed by atoms with Crippen molar-refractivity contribution in [2.45, 2.75) is 19.0 Å². The molecule has 29 heavy (non-hydrogen) atoms. The van der Waals surface area contributed by atoms with Gasteiger partial charge in [0.25, 0.3) is 11.8 Å². The van der Waals surface area contributed by atoms with Crippen molar-refractivity contribution < 1.29 is 23.2 Å². The predicted octanol–water partition coefficient (Wildman–Crippen LogP) is 2.21. The number of amides is 3. The normalized spacial score (nSPS) is 20.4. The van der Waals surface area contributed by atoms with Gasteiger partial charge in [-0.15, -0.1) is 0 Å². The fraction of sp³-hybridized carbons (Fsp3) is 0.211. The number of imide groups is 1. The number of carbonyl (C=O) groups excluding carboxylic acids is 3. The molecule has 2 aliphatic heterocycles. The number of benzene rings is 2. The van der Waals surface area contributed by atoms with Crippen LogP contribution in [0.15, 0.2) is 52.8 Å². The molecule has 2 aromatic rings. The quantitative estimate of drug-likeness (QED) is 0.798. The molecule has 3 amide bonds. The third-order valence-corrected chi connectivity index (χ3v) is 4.66. The van der Waals surface area contributed by atoms with Crippen molar-refractivity contribution in [2.24, 2.45) is 10.3 Å². The smallest absolute Gasteiger partial charge is 0.263 e. The van der Waals surface area contributed by atoms with Crippen LogP contribution in [-0.4, -0.2) is 41.4 Å². The van der Waals surface area contributed by atoms with Crippen LogP contribution in [0.1, 0.15) is 5.56 Å². The standard InChI is InChI=1S/C19H15F2N5O3/c1-10-2-5-12(6-3-10)26-18(28)16-17(19(26)29)25(24-23-16)9-15(27)22-14-8-11(20)4-7-13(14)21/h2-8,16-17H,9H2,1H3,(H,22,27). The number of fused-ring (bicyclic) bond motifs is 1. The summed E-state index contributed by atoms with van der Waals surface area (Å²) in [4.78, 5) is 38.7. The lowest BCUT2D eigenvalue weighted by Gasteiger charge is -2.20. The zero-order chi connectivity index (χ0) is 20.7. The van der Waals surface area contributed by atoms with Crippen molar-refractivity contribution >= 4 is 29.1 Å². The van der Waals surface area contributed by atoms with E-state index >= 15 is 0 Å². The average Bonchev–Trinajstić information content (AvgIpc) is 3.19. The highest BCUT2D eigenvalue weighted by Gasteiger charge is 2.55. The van der Waals surface area contributed by atoms with Crippen molar-refractivity contribution in [3.63, 3.8) is 0 Å². The molecule has 0 radical (unpaired) electrons. The Bertz CT molecular complexity index is 1040. The average molecular weight is 399 g/mol. The number of carbonyl (C=O) groups is 3. The second-order valence-corrected chi connectivity index (χ2v) is 6.71. The molecule has 10 heteroatoms. The third kappa shape index (κ3) is 3.33. The fourth-order valence-electron chi connectivity index (χ4n) is 3.23. The van der Waals surface area contributed by atoms with Gasteiger partial charge >= 0.3 is 0 Å². The first-order chi connectivity index (χ1) is 13.8. The van der Waals surface area contributed by atoms with Gasteiger partial charge in [0.1, 0.15) is 18.2 Å². The molecule has 2 atom stereocenters. The Hall–Kier alpha value is -3.69. The van der Waals surface area contributed by atoms with Gasteiger partial charge in [-0.25, -0.2) is 13.7 Å². The molecule has 2 unspecified atom stereocenters. The lowest BCUT2D eigenvalue weighted by atomic mass is 10.1. The number of aryl methyl sites for hydroxylation is 1. The van der Waals surface area contributed by atoms with Gasteiger partial charge < -0.3 is 5.32 Å². The van der Waals surface area contributed by atoms with Crippen molar-refractivity contribution in [3.8, 4) is 0 Å². The maximum Gasteiger partial charge on any atom is 0.263 e. The molecule has 8 nitrogen and oxygen atoms in total. The Balaban J connectivity index is 1.49. The summed E-state index contributed by atoms with van der Waals surface area (Å²) in [5, 5.41) is 10.9. The Labute approximate surface area is 163 Å². The van der Waals surface area contributed by atoms with E-state index in [-0.39, 0.29) is 5.69 Å². The van der Waals surface area contributed by atoms with Crippen molar-refractivity contribution in [1.82, 2.24) is 5.01 Å². The van der Waals surface area contributed by atoms with Crippen LogP contribution in [0.25, 0.3) is 0 Å². The van der Waals surface area contributed by atoms with E-state index in [0.29, 0.717) is 5.69 Å². The number of anilines is 2. The third-order valence-electron chi connectivity index (χ3n) is 4.66. The summed E-state index contributed by atoms with van der Waals surface area (Å²) < 4.78 is 26.9. The predicted molar refractivity (Wildman–Crippen MR) is 97.8 cm³/mol. The van der Waals surface area contributed by atoms with E-state index < -0.39 is 48.0 Å². The number of rotatable bonds is 4. The maximum atomic E-state index is 13.7. The van der Waals surface area contributed by atoms with E-state index in [1.54, 1.807) is 24.3 Å². The van der Waals surface area contributed by atoms with Crippen LogP contribution in [-0.2, 0) is 14.4 Å². The van der Waals surface area contributed by atoms with Gasteiger partial charge in [-0.1, -0.05) is 22.9 Å². The van der Waals surface area contributed by atoms with Crippen LogP contribution in [0, 0.1) is 18.6 Å². The van der Waals surface area contributed by atoms with E-state index in [9.17, 15) is 23.2 Å². The molecular weight excluding hydrogens is 384 g/mol. The summed E-state index contributed by atoms with van der Waals surface area (Å²) in [5.74, 6) is -3.35. The zero-order valence-corrected chi connectivity index (χ0v) is 15.2. The van der Waals surface area contributed by atoms with E-state index in [0.717, 1.165) is 33.7 Å². The summed E-state index contributed by atoms with van der Waals surface area (Å²) in [6, 6.07) is 7.36. The molecule has 2 aliphatic rings. The van der Waals surface area contributed by atoms with Gasteiger partial charge in [-0.2, -0.15) is 5.11 Å². The summed E-state index contributed by atoms with van der Waals surface area (Å²) in [5.41, 5.74) is 1.04. The van der Waals surface area contributed by atoms with E-state index in [1.165, 1.54) is 0 Å². The van der Waals surface area contributed by atoms with Crippen molar-refractivity contribution in [3.05, 3.63) is 59.7 Å². The summed E-state index contributed by atoms with van der Waals surface area (Å²) in [6.07, 6.45) is 0. The van der Waals surface area contributed by atoms with Gasteiger partial charge in [0, 0.05) is 6.07 Å². The van der Waals surface area contributed by atoms with E-state index in [2.05, 4.69) is 15.7 Å². The monoisotopic (exact) mass is 399 g/mol. The number of hydrogen-bond donors (Lipinski definition) is 1. The Morgan fingerprint density at radius 3 is 2.55 bits per heavy atom. The highest BCUT2D eigenvalue weighted by atomic mass is 19.1. The van der Waals surface area contributed by atoms with E-state index in [4.69, 9.17) is 0 Å². The molecule has 1 N–H and O–H groups in total. The van der Waals surface area contributed by atoms with Crippen LogP contribution in [0.4, 0.5) is 20.2 Å². The Kier molecular flexibility index (Phi) is 4.53. The molecule has 0 saturated carbocycles. The van der Waals surface area contributed by atoms with Gasteiger partial charge in [-0.3, -0.25) is 19.4 Å². The first-order valence-corrected chi connectivity index (χ1v) is 8.72. The number of nitrogens with one attached hydrogen (secondary N) is 1. The molecule has 0 aromatic heterocycles. The molecule has 2 aromatic carbocycles. The second-order valence-electron chi connectivity index (χ2n) is 6.71. The Morgan fingerprint density at radius 1 is 1.10 bits per heavy atom. The lowest BCUT2D eigenvalue weighted by molar-refractivity contribution is -0.123. The molecule has 1 fully saturated rings. The highest BCUT2D eigenvalue weighted by Crippen LogP contribution is 2.31. The van der Waals surface area contributed by atoms with Gasteiger partial charge in [-0.05, 0) is 31.2 Å². The summed E-state index contributed by atoms with van der Waals surface area (Å²) >= 11 is 0. The second kappa shape index (κ2) is 7.04. The van der Waals surface area contributed by atoms with Crippen molar-refractivity contribution in [1.29, 1.82) is 0 Å². The highest BCUT2D eigenvalue weighted by molar-refractivity contribution is 6.25.